The third-order valence-corrected chi connectivity index (χ3v) is 3.28. The molecule has 0 fully saturated rings. The molecule has 0 saturated heterocycles. The summed E-state index contributed by atoms with van der Waals surface area (Å²) in [5.41, 5.74) is 3.35. The lowest BCUT2D eigenvalue weighted by Gasteiger charge is -2.18. The van der Waals surface area contributed by atoms with Crippen LogP contribution in [-0.2, 0) is 0 Å². The van der Waals surface area contributed by atoms with E-state index in [4.69, 9.17) is 0 Å². The van der Waals surface area contributed by atoms with Gasteiger partial charge in [-0.25, -0.2) is 0 Å². The van der Waals surface area contributed by atoms with Crippen LogP contribution in [0.25, 0.3) is 10.9 Å². The first kappa shape index (κ1) is 11.8. The molecule has 0 aliphatic rings. The van der Waals surface area contributed by atoms with Crippen LogP contribution in [0.4, 0.5) is 0 Å². The van der Waals surface area contributed by atoms with Gasteiger partial charge in [-0.1, -0.05) is 30.3 Å². The summed E-state index contributed by atoms with van der Waals surface area (Å²) in [5, 5.41) is 4.50. The van der Waals surface area contributed by atoms with Crippen molar-refractivity contribution < 1.29 is 0 Å². The number of benzene rings is 1. The van der Waals surface area contributed by atoms with Crippen molar-refractivity contribution in [3.63, 3.8) is 0 Å². The Morgan fingerprint density at radius 3 is 2.63 bits per heavy atom. The molecular weight excluding hydrogens is 234 g/mol. The molecule has 1 N–H and O–H groups in total. The van der Waals surface area contributed by atoms with Gasteiger partial charge in [0.1, 0.15) is 0 Å². The number of aromatic nitrogens is 2. The first-order valence-corrected chi connectivity index (χ1v) is 6.31. The second-order valence-corrected chi connectivity index (χ2v) is 4.43. The van der Waals surface area contributed by atoms with Crippen molar-refractivity contribution in [1.82, 2.24) is 15.3 Å². The Hall–Kier alpha value is -2.26. The summed E-state index contributed by atoms with van der Waals surface area (Å²) in [6.45, 7) is 0. The van der Waals surface area contributed by atoms with Gasteiger partial charge in [0.25, 0.3) is 0 Å². The fraction of sp³-hybridized carbons (Fsp3) is 0.125. The van der Waals surface area contributed by atoms with E-state index in [1.54, 1.807) is 6.20 Å². The third-order valence-electron chi connectivity index (χ3n) is 3.28. The zero-order valence-electron chi connectivity index (χ0n) is 10.7. The fourth-order valence-corrected chi connectivity index (χ4v) is 2.41. The lowest BCUT2D eigenvalue weighted by molar-refractivity contribution is 0.692. The standard InChI is InChI=1S/C16H15N3/c1-17-15(13-7-3-9-18-11-13)14-8-2-5-12-6-4-10-19-16(12)14/h2-11,15,17H,1H3. The Kier molecular flexibility index (Phi) is 3.21. The van der Waals surface area contributed by atoms with E-state index in [9.17, 15) is 0 Å². The minimum absolute atomic E-state index is 0.104. The highest BCUT2D eigenvalue weighted by atomic mass is 14.9. The molecule has 94 valence electrons. The maximum atomic E-state index is 4.52. The van der Waals surface area contributed by atoms with Crippen LogP contribution in [0.2, 0.25) is 0 Å². The van der Waals surface area contributed by atoms with E-state index in [1.165, 1.54) is 5.56 Å². The van der Waals surface area contributed by atoms with Crippen LogP contribution in [0.1, 0.15) is 17.2 Å². The lowest BCUT2D eigenvalue weighted by atomic mass is 9.97. The van der Waals surface area contributed by atoms with E-state index in [2.05, 4.69) is 45.6 Å². The molecule has 2 aromatic heterocycles. The summed E-state index contributed by atoms with van der Waals surface area (Å²) in [6, 6.07) is 14.5. The first-order chi connectivity index (χ1) is 9.40. The largest absolute Gasteiger partial charge is 0.309 e. The minimum atomic E-state index is 0.104. The average Bonchev–Trinajstić information content (AvgIpc) is 2.49. The number of fused-ring (bicyclic) bond motifs is 1. The van der Waals surface area contributed by atoms with Crippen molar-refractivity contribution >= 4 is 10.9 Å². The average molecular weight is 249 g/mol. The third kappa shape index (κ3) is 2.20. The molecule has 0 aliphatic carbocycles. The fourth-order valence-electron chi connectivity index (χ4n) is 2.41. The van der Waals surface area contributed by atoms with Crippen LogP contribution < -0.4 is 5.32 Å². The maximum absolute atomic E-state index is 4.52. The summed E-state index contributed by atoms with van der Waals surface area (Å²) in [6.07, 6.45) is 5.52. The second-order valence-electron chi connectivity index (χ2n) is 4.43. The molecule has 3 aromatic rings. The molecule has 0 saturated carbocycles. The molecule has 1 aromatic carbocycles. The van der Waals surface area contributed by atoms with Gasteiger partial charge in [0.2, 0.25) is 0 Å². The Morgan fingerprint density at radius 2 is 1.84 bits per heavy atom. The maximum Gasteiger partial charge on any atom is 0.0753 e. The van der Waals surface area contributed by atoms with Crippen LogP contribution in [0.5, 0.6) is 0 Å². The van der Waals surface area contributed by atoms with E-state index in [0.717, 1.165) is 16.5 Å². The molecule has 0 aliphatic heterocycles. The van der Waals surface area contributed by atoms with Gasteiger partial charge < -0.3 is 5.32 Å². The highest BCUT2D eigenvalue weighted by Gasteiger charge is 2.15. The van der Waals surface area contributed by atoms with E-state index < -0.39 is 0 Å². The van der Waals surface area contributed by atoms with E-state index in [1.807, 2.05) is 31.6 Å². The van der Waals surface area contributed by atoms with Gasteiger partial charge in [-0.2, -0.15) is 0 Å². The molecular formula is C16H15N3. The number of hydrogen-bond donors (Lipinski definition) is 1. The number of pyridine rings is 2. The molecule has 2 heterocycles. The molecule has 0 spiro atoms. The summed E-state index contributed by atoms with van der Waals surface area (Å²) >= 11 is 0. The number of rotatable bonds is 3. The van der Waals surface area contributed by atoms with Gasteiger partial charge in [0, 0.05) is 24.0 Å². The van der Waals surface area contributed by atoms with Gasteiger partial charge >= 0.3 is 0 Å². The molecule has 1 atom stereocenters. The van der Waals surface area contributed by atoms with Crippen LogP contribution in [0.3, 0.4) is 0 Å². The number of nitrogens with zero attached hydrogens (tertiary/aromatic N) is 2. The zero-order chi connectivity index (χ0) is 13.1. The lowest BCUT2D eigenvalue weighted by Crippen LogP contribution is -2.18. The van der Waals surface area contributed by atoms with Gasteiger partial charge in [-0.3, -0.25) is 9.97 Å². The van der Waals surface area contributed by atoms with E-state index in [0.29, 0.717) is 0 Å². The van der Waals surface area contributed by atoms with Crippen molar-refractivity contribution in [3.8, 4) is 0 Å². The number of hydrogen-bond acceptors (Lipinski definition) is 3. The molecule has 3 heteroatoms. The molecule has 3 nitrogen and oxygen atoms in total. The van der Waals surface area contributed by atoms with Crippen molar-refractivity contribution in [2.24, 2.45) is 0 Å². The predicted octanol–water partition coefficient (Wildman–Crippen LogP) is 2.94. The van der Waals surface area contributed by atoms with Gasteiger partial charge in [-0.05, 0) is 30.3 Å². The summed E-state index contributed by atoms with van der Waals surface area (Å²) in [7, 11) is 1.96. The van der Waals surface area contributed by atoms with Crippen molar-refractivity contribution in [2.45, 2.75) is 6.04 Å². The normalized spacial score (nSPS) is 12.5. The van der Waals surface area contributed by atoms with Crippen LogP contribution >= 0.6 is 0 Å². The molecule has 3 rings (SSSR count). The van der Waals surface area contributed by atoms with Crippen LogP contribution in [0, 0.1) is 0 Å². The quantitative estimate of drug-likeness (QED) is 0.775. The SMILES string of the molecule is CNC(c1cccnc1)c1cccc2cccnc12. The summed E-state index contributed by atoms with van der Waals surface area (Å²) in [5.74, 6) is 0. The monoisotopic (exact) mass is 249 g/mol. The first-order valence-electron chi connectivity index (χ1n) is 6.31. The highest BCUT2D eigenvalue weighted by molar-refractivity contribution is 5.82. The van der Waals surface area contributed by atoms with Crippen LogP contribution in [-0.4, -0.2) is 17.0 Å². The number of nitrogens with one attached hydrogen (secondary N) is 1. The van der Waals surface area contributed by atoms with Crippen molar-refractivity contribution in [3.05, 3.63) is 72.2 Å². The molecule has 0 bridgehead atoms. The van der Waals surface area contributed by atoms with Crippen LogP contribution in [0.15, 0.2) is 61.1 Å². The van der Waals surface area contributed by atoms with E-state index >= 15 is 0 Å². The summed E-state index contributed by atoms with van der Waals surface area (Å²) < 4.78 is 0. The number of para-hydroxylation sites is 1. The minimum Gasteiger partial charge on any atom is -0.309 e. The second kappa shape index (κ2) is 5.16. The summed E-state index contributed by atoms with van der Waals surface area (Å²) in [4.78, 5) is 8.71. The molecule has 0 radical (unpaired) electrons. The Labute approximate surface area is 112 Å². The topological polar surface area (TPSA) is 37.8 Å². The molecule has 1 unspecified atom stereocenters. The van der Waals surface area contributed by atoms with Crippen molar-refractivity contribution in [2.75, 3.05) is 7.05 Å². The van der Waals surface area contributed by atoms with E-state index in [-0.39, 0.29) is 6.04 Å². The zero-order valence-corrected chi connectivity index (χ0v) is 10.7. The Bertz CT molecular complexity index is 674. The van der Waals surface area contributed by atoms with Gasteiger partial charge in [-0.15, -0.1) is 0 Å². The van der Waals surface area contributed by atoms with Gasteiger partial charge in [0.05, 0.1) is 11.6 Å². The van der Waals surface area contributed by atoms with Gasteiger partial charge in [0.15, 0.2) is 0 Å². The predicted molar refractivity (Wildman–Crippen MR) is 76.9 cm³/mol. The van der Waals surface area contributed by atoms with Crippen molar-refractivity contribution in [1.29, 1.82) is 0 Å². The highest BCUT2D eigenvalue weighted by Crippen LogP contribution is 2.26. The smallest absolute Gasteiger partial charge is 0.0753 e. The Morgan fingerprint density at radius 1 is 1.00 bits per heavy atom. The Balaban J connectivity index is 2.17. The molecule has 19 heavy (non-hydrogen) atoms. The molecule has 0 amide bonds.